The Balaban J connectivity index is 1.50. The summed E-state index contributed by atoms with van der Waals surface area (Å²) in [5.41, 5.74) is 1.81. The minimum Gasteiger partial charge on any atom is -0.390 e. The Hall–Kier alpha value is -4.38. The molecule has 0 N–H and O–H groups in total. The highest BCUT2D eigenvalue weighted by molar-refractivity contribution is 7.80. The molecule has 0 saturated carbocycles. The van der Waals surface area contributed by atoms with Crippen LogP contribution in [0.2, 0.25) is 39.3 Å². The van der Waals surface area contributed by atoms with Gasteiger partial charge in [0.05, 0.1) is 16.1 Å². The predicted molar refractivity (Wildman–Crippen MR) is 228 cm³/mol. The Morgan fingerprint density at radius 1 is 0.490 bits per heavy atom. The first-order valence-corrected chi connectivity index (χ1v) is 27.0. The zero-order chi connectivity index (χ0) is 35.3. The van der Waals surface area contributed by atoms with E-state index in [0.29, 0.717) is 0 Å². The van der Waals surface area contributed by atoms with Crippen LogP contribution in [-0.4, -0.2) is 16.1 Å². The first kappa shape index (κ1) is 33.8. The van der Waals surface area contributed by atoms with Crippen LogP contribution < -0.4 is 30.8 Å². The third kappa shape index (κ3) is 6.38. The van der Waals surface area contributed by atoms with E-state index in [1.807, 2.05) is 0 Å². The van der Waals surface area contributed by atoms with Gasteiger partial charge in [-0.1, -0.05) is 179 Å². The predicted octanol–water partition coefficient (Wildman–Crippen LogP) is 11.3. The molecule has 0 atom stereocenters. The van der Waals surface area contributed by atoms with Crippen molar-refractivity contribution >= 4 is 102 Å². The van der Waals surface area contributed by atoms with E-state index >= 15 is 0 Å². The van der Waals surface area contributed by atoms with E-state index in [4.69, 9.17) is 12.9 Å². The molecule has 0 aliphatic carbocycles. The molecule has 8 aromatic rings. The average Bonchev–Trinajstić information content (AvgIpc) is 3.29. The highest BCUT2D eigenvalue weighted by Crippen LogP contribution is 2.44. The molecule has 0 aliphatic rings. The minimum absolute atomic E-state index is 0.790. The lowest BCUT2D eigenvalue weighted by molar-refractivity contribution is 0.501. The number of rotatable bonds is 7. The fourth-order valence-corrected chi connectivity index (χ4v) is 13.7. The Bertz CT molecular complexity index is 2430. The van der Waals surface area contributed by atoms with E-state index in [-0.39, 0.29) is 0 Å². The molecule has 0 bridgehead atoms. The van der Waals surface area contributed by atoms with Gasteiger partial charge in [0.1, 0.15) is 16.9 Å². The summed E-state index contributed by atoms with van der Waals surface area (Å²) in [5.74, 6) is 0.790. The van der Waals surface area contributed by atoms with Crippen molar-refractivity contribution in [2.24, 2.45) is 0 Å². The maximum Gasteiger partial charge on any atom is 0.453 e. The second-order valence-corrected chi connectivity index (χ2v) is 28.4. The Kier molecular flexibility index (Phi) is 8.81. The molecule has 254 valence electrons. The van der Waals surface area contributed by atoms with Crippen molar-refractivity contribution in [2.75, 3.05) is 0 Å². The van der Waals surface area contributed by atoms with Crippen molar-refractivity contribution in [1.82, 2.24) is 0 Å². The lowest BCUT2D eigenvalue weighted by Crippen LogP contribution is -2.38. The van der Waals surface area contributed by atoms with Crippen molar-refractivity contribution in [3.8, 4) is 5.75 Å². The third-order valence-electron chi connectivity index (χ3n) is 9.51. The molecule has 1 aromatic heterocycles. The topological polar surface area (TPSA) is 35.5 Å². The van der Waals surface area contributed by atoms with E-state index in [1.165, 1.54) is 42.5 Å². The molecule has 7 aromatic carbocycles. The lowest BCUT2D eigenvalue weighted by Gasteiger charge is -2.21. The maximum absolute atomic E-state index is 7.25. The molecule has 0 spiro atoms. The molecule has 3 nitrogen and oxygen atoms in total. The molecule has 0 fully saturated rings. The van der Waals surface area contributed by atoms with Crippen LogP contribution in [0.5, 0.6) is 5.75 Å². The van der Waals surface area contributed by atoms with Crippen LogP contribution in [0.15, 0.2) is 154 Å². The highest BCUT2D eigenvalue weighted by atomic mass is 31.1. The minimum atomic E-state index is -1.94. The van der Waals surface area contributed by atoms with Gasteiger partial charge in [-0.3, -0.25) is 0 Å². The molecule has 0 aliphatic heterocycles. The fraction of sp³-hybridized carbons (Fsp3) is 0.136. The van der Waals surface area contributed by atoms with Crippen LogP contribution in [0.1, 0.15) is 0 Å². The monoisotopic (exact) mass is 736 g/mol. The molecule has 0 amide bonds. The number of para-hydroxylation sites is 1. The molecule has 8 rings (SSSR count). The van der Waals surface area contributed by atoms with Crippen LogP contribution in [-0.2, 0) is 0 Å². The van der Waals surface area contributed by atoms with E-state index in [0.717, 1.165) is 33.0 Å². The maximum atomic E-state index is 7.25. The smallest absolute Gasteiger partial charge is 0.390 e. The van der Waals surface area contributed by atoms with Crippen molar-refractivity contribution in [3.05, 3.63) is 146 Å². The number of hydrogen-bond donors (Lipinski definition) is 0. The van der Waals surface area contributed by atoms with Crippen LogP contribution in [0.4, 0.5) is 0 Å². The summed E-state index contributed by atoms with van der Waals surface area (Å²) in [4.78, 5) is 0. The second kappa shape index (κ2) is 13.3. The molecular formula is C44H42O3P2Si2. The van der Waals surface area contributed by atoms with Gasteiger partial charge in [-0.25, -0.2) is 0 Å². The Morgan fingerprint density at radius 3 is 1.37 bits per heavy atom. The molecule has 0 saturated heterocycles. The third-order valence-corrected chi connectivity index (χ3v) is 17.0. The molecular weight excluding hydrogens is 695 g/mol. The highest BCUT2D eigenvalue weighted by Gasteiger charge is 2.29. The standard InChI is InChI=1S/C44H42O3P2Si2/c1-50(2,3)39-29-31-19-13-15-25-35(31)41-42-36-26-16-14-20-32(36)30-40(51(4,5)6)44(42)47-49(46-43(39)41)45-37-27-17-18-28-38(37)48(33-21-9-7-10-22-33)34-23-11-8-12-24-34/h7-30H,1-6H3. The Labute approximate surface area is 304 Å². The summed E-state index contributed by atoms with van der Waals surface area (Å²) in [6.07, 6.45) is 0. The van der Waals surface area contributed by atoms with E-state index in [9.17, 15) is 0 Å². The fourth-order valence-electron chi connectivity index (χ4n) is 7.04. The SMILES string of the molecule is C[Si](C)(C)c1cc2ccccc2c2c1op(Oc1ccccc1P(c1ccccc1)c1ccccc1)oc1c([Si](C)(C)C)cc3ccccc3c12. The first-order chi connectivity index (χ1) is 24.6. The quantitative estimate of drug-likeness (QED) is 0.121. The van der Waals surface area contributed by atoms with E-state index in [2.05, 4.69) is 185 Å². The average molecular weight is 737 g/mol. The first-order valence-electron chi connectivity index (χ1n) is 17.5. The van der Waals surface area contributed by atoms with Crippen molar-refractivity contribution in [1.29, 1.82) is 0 Å². The summed E-state index contributed by atoms with van der Waals surface area (Å²) >= 11 is 0. The summed E-state index contributed by atoms with van der Waals surface area (Å²) in [5, 5.41) is 13.2. The molecule has 51 heavy (non-hydrogen) atoms. The van der Waals surface area contributed by atoms with Gasteiger partial charge in [0.2, 0.25) is 0 Å². The van der Waals surface area contributed by atoms with Crippen molar-refractivity contribution in [2.45, 2.75) is 39.3 Å². The van der Waals surface area contributed by atoms with Gasteiger partial charge in [0.15, 0.2) is 0 Å². The normalized spacial score (nSPS) is 12.3. The van der Waals surface area contributed by atoms with Crippen LogP contribution in [0, 0.1) is 0 Å². The van der Waals surface area contributed by atoms with E-state index in [1.54, 1.807) is 0 Å². The summed E-state index contributed by atoms with van der Waals surface area (Å²) < 4.78 is 21.6. The van der Waals surface area contributed by atoms with Crippen LogP contribution >= 0.6 is 16.2 Å². The van der Waals surface area contributed by atoms with Gasteiger partial charge in [-0.05, 0) is 56.5 Å². The molecule has 7 heteroatoms. The van der Waals surface area contributed by atoms with E-state index < -0.39 is 32.3 Å². The van der Waals surface area contributed by atoms with Gasteiger partial charge in [-0.2, -0.15) is 0 Å². The van der Waals surface area contributed by atoms with Crippen molar-refractivity contribution < 1.29 is 12.9 Å². The number of fused-ring (bicyclic) bond motifs is 7. The van der Waals surface area contributed by atoms with Gasteiger partial charge in [-0.15, -0.1) is 0 Å². The van der Waals surface area contributed by atoms with Crippen LogP contribution in [0.3, 0.4) is 0 Å². The largest absolute Gasteiger partial charge is 0.453 e. The molecule has 0 radical (unpaired) electrons. The zero-order valence-electron chi connectivity index (χ0n) is 30.0. The number of benzene rings is 7. The summed E-state index contributed by atoms with van der Waals surface area (Å²) in [6, 6.07) is 52.2. The lowest BCUT2D eigenvalue weighted by atomic mass is 9.98. The number of hydrogen-bond acceptors (Lipinski definition) is 3. The Morgan fingerprint density at radius 2 is 0.902 bits per heavy atom. The summed E-state index contributed by atoms with van der Waals surface area (Å²) in [6.45, 7) is 14.4. The second-order valence-electron chi connectivity index (χ2n) is 15.2. The van der Waals surface area contributed by atoms with Crippen LogP contribution in [0.25, 0.3) is 43.5 Å². The van der Waals surface area contributed by atoms with Gasteiger partial charge < -0.3 is 12.9 Å². The zero-order valence-corrected chi connectivity index (χ0v) is 33.8. The van der Waals surface area contributed by atoms with Gasteiger partial charge in [0, 0.05) is 16.1 Å². The van der Waals surface area contributed by atoms with Gasteiger partial charge >= 0.3 is 8.24 Å². The molecule has 0 unspecified atom stereocenters. The molecule has 1 heterocycles. The van der Waals surface area contributed by atoms with Gasteiger partial charge in [0.25, 0.3) is 0 Å². The summed E-state index contributed by atoms with van der Waals surface area (Å²) in [7, 11) is -6.71. The van der Waals surface area contributed by atoms with Crippen molar-refractivity contribution in [3.63, 3.8) is 0 Å².